The molecule has 0 unspecified atom stereocenters. The molecule has 2 aromatic carbocycles. The predicted molar refractivity (Wildman–Crippen MR) is 112 cm³/mol. The summed E-state index contributed by atoms with van der Waals surface area (Å²) in [4.78, 5) is 12.4. The van der Waals surface area contributed by atoms with Crippen molar-refractivity contribution in [2.24, 2.45) is 5.92 Å². The first-order valence-electron chi connectivity index (χ1n) is 9.08. The number of hydrogen-bond donors (Lipinski definition) is 1. The maximum absolute atomic E-state index is 12.7. The van der Waals surface area contributed by atoms with Gasteiger partial charge in [-0.25, -0.2) is 12.7 Å². The minimum Gasteiger partial charge on any atom is -0.352 e. The van der Waals surface area contributed by atoms with Gasteiger partial charge in [0, 0.05) is 35.6 Å². The van der Waals surface area contributed by atoms with E-state index in [-0.39, 0.29) is 17.6 Å². The maximum atomic E-state index is 12.7. The summed E-state index contributed by atoms with van der Waals surface area (Å²) < 4.78 is 26.8. The molecule has 1 saturated heterocycles. The Kier molecular flexibility index (Phi) is 6.99. The standard InChI is InChI=1S/C20H22Cl2N2O3S/c21-18-6-3-4-15(12-18)14-28(26,27)24-10-8-16(9-11-24)20(25)23-13-17-5-1-2-7-19(17)22/h1-7,12,16H,8-11,13-14H2,(H,23,25). The summed E-state index contributed by atoms with van der Waals surface area (Å²) in [5, 5.41) is 4.03. The summed E-state index contributed by atoms with van der Waals surface area (Å²) in [7, 11) is -3.44. The fraction of sp³-hybridized carbons (Fsp3) is 0.350. The lowest BCUT2D eigenvalue weighted by atomic mass is 9.97. The summed E-state index contributed by atoms with van der Waals surface area (Å²) in [6.07, 6.45) is 1.01. The van der Waals surface area contributed by atoms with E-state index in [1.54, 1.807) is 30.3 Å². The molecule has 1 fully saturated rings. The van der Waals surface area contributed by atoms with Crippen molar-refractivity contribution in [2.75, 3.05) is 13.1 Å². The van der Waals surface area contributed by atoms with Crippen LogP contribution in [0.5, 0.6) is 0 Å². The summed E-state index contributed by atoms with van der Waals surface area (Å²) >= 11 is 12.0. The highest BCUT2D eigenvalue weighted by Gasteiger charge is 2.31. The topological polar surface area (TPSA) is 66.5 Å². The lowest BCUT2D eigenvalue weighted by Crippen LogP contribution is -2.43. The molecule has 1 amide bonds. The molecule has 0 bridgehead atoms. The number of carbonyl (C=O) groups excluding carboxylic acids is 1. The smallest absolute Gasteiger partial charge is 0.223 e. The molecule has 2 aromatic rings. The van der Waals surface area contributed by atoms with E-state index in [1.165, 1.54) is 4.31 Å². The van der Waals surface area contributed by atoms with Gasteiger partial charge in [0.05, 0.1) is 5.75 Å². The van der Waals surface area contributed by atoms with E-state index in [9.17, 15) is 13.2 Å². The Morgan fingerprint density at radius 2 is 1.79 bits per heavy atom. The number of piperidine rings is 1. The highest BCUT2D eigenvalue weighted by Crippen LogP contribution is 2.23. The second kappa shape index (κ2) is 9.27. The van der Waals surface area contributed by atoms with E-state index in [4.69, 9.17) is 23.2 Å². The van der Waals surface area contributed by atoms with Gasteiger partial charge in [-0.2, -0.15) is 0 Å². The molecule has 0 spiro atoms. The van der Waals surface area contributed by atoms with Gasteiger partial charge >= 0.3 is 0 Å². The minimum absolute atomic E-state index is 0.0631. The van der Waals surface area contributed by atoms with Crippen LogP contribution in [-0.2, 0) is 27.1 Å². The van der Waals surface area contributed by atoms with Crippen LogP contribution < -0.4 is 5.32 Å². The molecule has 1 N–H and O–H groups in total. The Morgan fingerprint density at radius 1 is 1.07 bits per heavy atom. The average molecular weight is 441 g/mol. The second-order valence-electron chi connectivity index (χ2n) is 6.87. The van der Waals surface area contributed by atoms with Crippen LogP contribution in [0.15, 0.2) is 48.5 Å². The molecule has 1 heterocycles. The van der Waals surface area contributed by atoms with E-state index < -0.39 is 10.0 Å². The zero-order valence-electron chi connectivity index (χ0n) is 15.3. The van der Waals surface area contributed by atoms with Crippen molar-refractivity contribution in [3.05, 3.63) is 69.7 Å². The van der Waals surface area contributed by atoms with Crippen LogP contribution in [0.25, 0.3) is 0 Å². The highest BCUT2D eigenvalue weighted by atomic mass is 35.5. The minimum atomic E-state index is -3.44. The van der Waals surface area contributed by atoms with Crippen molar-refractivity contribution < 1.29 is 13.2 Å². The van der Waals surface area contributed by atoms with Crippen LogP contribution in [0.3, 0.4) is 0 Å². The van der Waals surface area contributed by atoms with Gasteiger partial charge in [-0.3, -0.25) is 4.79 Å². The van der Waals surface area contributed by atoms with Crippen molar-refractivity contribution in [3.63, 3.8) is 0 Å². The number of nitrogens with one attached hydrogen (secondary N) is 1. The first-order valence-corrected chi connectivity index (χ1v) is 11.4. The number of benzene rings is 2. The number of nitrogens with zero attached hydrogens (tertiary/aromatic N) is 1. The van der Waals surface area contributed by atoms with Gasteiger partial charge in [-0.1, -0.05) is 53.5 Å². The maximum Gasteiger partial charge on any atom is 0.223 e. The highest BCUT2D eigenvalue weighted by molar-refractivity contribution is 7.88. The molecule has 28 heavy (non-hydrogen) atoms. The van der Waals surface area contributed by atoms with Crippen molar-refractivity contribution in [1.82, 2.24) is 9.62 Å². The molecule has 0 radical (unpaired) electrons. The lowest BCUT2D eigenvalue weighted by Gasteiger charge is -2.30. The SMILES string of the molecule is O=C(NCc1ccccc1Cl)C1CCN(S(=O)(=O)Cc2cccc(Cl)c2)CC1. The Morgan fingerprint density at radius 3 is 2.46 bits per heavy atom. The Hall–Kier alpha value is -1.60. The fourth-order valence-corrected chi connectivity index (χ4v) is 5.26. The molecule has 0 aromatic heterocycles. The van der Waals surface area contributed by atoms with Gasteiger partial charge in [-0.15, -0.1) is 0 Å². The van der Waals surface area contributed by atoms with Crippen molar-refractivity contribution in [1.29, 1.82) is 0 Å². The average Bonchev–Trinajstić information content (AvgIpc) is 2.67. The van der Waals surface area contributed by atoms with Crippen LogP contribution in [0, 0.1) is 5.92 Å². The van der Waals surface area contributed by atoms with Gasteiger partial charge < -0.3 is 5.32 Å². The van der Waals surface area contributed by atoms with E-state index >= 15 is 0 Å². The monoisotopic (exact) mass is 440 g/mol. The molecule has 0 atom stereocenters. The van der Waals surface area contributed by atoms with Crippen molar-refractivity contribution in [3.8, 4) is 0 Å². The van der Waals surface area contributed by atoms with Crippen LogP contribution >= 0.6 is 23.2 Å². The Bertz CT molecular complexity index is 942. The number of halogens is 2. The van der Waals surface area contributed by atoms with E-state index in [2.05, 4.69) is 5.32 Å². The van der Waals surface area contributed by atoms with Gasteiger partial charge in [0.25, 0.3) is 0 Å². The lowest BCUT2D eigenvalue weighted by molar-refractivity contribution is -0.126. The molecule has 0 aliphatic carbocycles. The third-order valence-electron chi connectivity index (χ3n) is 4.87. The Labute approximate surface area is 175 Å². The van der Waals surface area contributed by atoms with Crippen LogP contribution in [0.2, 0.25) is 10.0 Å². The number of hydrogen-bond acceptors (Lipinski definition) is 3. The first-order chi connectivity index (χ1) is 13.3. The van der Waals surface area contributed by atoms with E-state index in [0.29, 0.717) is 48.1 Å². The molecule has 1 aliphatic heterocycles. The molecule has 1 aliphatic rings. The van der Waals surface area contributed by atoms with Gasteiger partial charge in [0.2, 0.25) is 15.9 Å². The molecule has 8 heteroatoms. The number of amides is 1. The number of rotatable bonds is 6. The van der Waals surface area contributed by atoms with Crippen LogP contribution in [0.4, 0.5) is 0 Å². The van der Waals surface area contributed by atoms with Gasteiger partial charge in [0.1, 0.15) is 0 Å². The summed E-state index contributed by atoms with van der Waals surface area (Å²) in [5.74, 6) is -0.344. The molecular weight excluding hydrogens is 419 g/mol. The van der Waals surface area contributed by atoms with Crippen molar-refractivity contribution >= 4 is 39.1 Å². The van der Waals surface area contributed by atoms with Gasteiger partial charge in [0.15, 0.2) is 0 Å². The molecule has 3 rings (SSSR count). The summed E-state index contributed by atoms with van der Waals surface area (Å²) in [6, 6.07) is 14.2. The zero-order valence-corrected chi connectivity index (χ0v) is 17.6. The number of sulfonamides is 1. The fourth-order valence-electron chi connectivity index (χ4n) is 3.29. The number of carbonyl (C=O) groups is 1. The molecule has 150 valence electrons. The predicted octanol–water partition coefficient (Wildman–Crippen LogP) is 3.85. The first kappa shape index (κ1) is 21.1. The molecule has 0 saturated carbocycles. The van der Waals surface area contributed by atoms with E-state index in [1.807, 2.05) is 18.2 Å². The van der Waals surface area contributed by atoms with Crippen LogP contribution in [-0.4, -0.2) is 31.7 Å². The normalized spacial score (nSPS) is 16.1. The summed E-state index contributed by atoms with van der Waals surface area (Å²) in [5.41, 5.74) is 1.52. The largest absolute Gasteiger partial charge is 0.352 e. The zero-order chi connectivity index (χ0) is 20.1. The Balaban J connectivity index is 1.52. The third kappa shape index (κ3) is 5.47. The van der Waals surface area contributed by atoms with E-state index in [0.717, 1.165) is 5.56 Å². The summed E-state index contributed by atoms with van der Waals surface area (Å²) in [6.45, 7) is 1.05. The molecular formula is C20H22Cl2N2O3S. The quantitative estimate of drug-likeness (QED) is 0.741. The molecule has 5 nitrogen and oxygen atoms in total. The van der Waals surface area contributed by atoms with Crippen molar-refractivity contribution in [2.45, 2.75) is 25.1 Å². The third-order valence-corrected chi connectivity index (χ3v) is 7.32. The second-order valence-corrected chi connectivity index (χ2v) is 9.68. The van der Waals surface area contributed by atoms with Gasteiger partial charge in [-0.05, 0) is 42.2 Å². The van der Waals surface area contributed by atoms with Crippen LogP contribution in [0.1, 0.15) is 24.0 Å².